The van der Waals surface area contributed by atoms with Crippen LogP contribution in [0.3, 0.4) is 0 Å². The molecule has 3 rings (SSSR count). The molecule has 2 aromatic heterocycles. The lowest BCUT2D eigenvalue weighted by atomic mass is 9.98. The number of piperidine rings is 1. The molecule has 0 spiro atoms. The second-order valence-electron chi connectivity index (χ2n) is 5.59. The summed E-state index contributed by atoms with van der Waals surface area (Å²) in [5.74, 6) is 0.650. The number of anilines is 1. The van der Waals surface area contributed by atoms with Crippen LogP contribution in [0.4, 0.5) is 5.82 Å². The Morgan fingerprint density at radius 2 is 2.48 bits per heavy atom. The molecule has 8 heteroatoms. The first-order chi connectivity index (χ1) is 11.2. The smallest absolute Gasteiger partial charge is 0.225 e. The lowest BCUT2D eigenvalue weighted by Gasteiger charge is -2.38. The van der Waals surface area contributed by atoms with Gasteiger partial charge in [0.2, 0.25) is 5.91 Å². The minimum atomic E-state index is -0.108. The van der Waals surface area contributed by atoms with E-state index < -0.39 is 0 Å². The van der Waals surface area contributed by atoms with E-state index in [1.807, 2.05) is 30.4 Å². The zero-order chi connectivity index (χ0) is 16.2. The number of nitrogens with zero attached hydrogens (tertiary/aromatic N) is 5. The second-order valence-corrected chi connectivity index (χ2v) is 5.59. The molecule has 0 bridgehead atoms. The van der Waals surface area contributed by atoms with E-state index in [0.29, 0.717) is 6.54 Å². The summed E-state index contributed by atoms with van der Waals surface area (Å²) in [5.41, 5.74) is 0.794. The van der Waals surface area contributed by atoms with Crippen LogP contribution in [0.1, 0.15) is 12.8 Å². The molecular weight excluding hydrogens is 294 g/mol. The lowest BCUT2D eigenvalue weighted by molar-refractivity contribution is -0.126. The second kappa shape index (κ2) is 6.62. The molecule has 3 heterocycles. The van der Waals surface area contributed by atoms with Gasteiger partial charge < -0.3 is 10.3 Å². The van der Waals surface area contributed by atoms with Gasteiger partial charge in [-0.2, -0.15) is 5.26 Å². The Morgan fingerprint density at radius 3 is 3.30 bits per heavy atom. The maximum absolute atomic E-state index is 12.1. The van der Waals surface area contributed by atoms with Gasteiger partial charge in [-0.05, 0) is 18.9 Å². The Morgan fingerprint density at radius 1 is 1.61 bits per heavy atom. The summed E-state index contributed by atoms with van der Waals surface area (Å²) in [6, 6.07) is 3.88. The molecule has 0 aliphatic carbocycles. The van der Waals surface area contributed by atoms with E-state index in [-0.39, 0.29) is 18.4 Å². The zero-order valence-corrected chi connectivity index (χ0v) is 13.0. The van der Waals surface area contributed by atoms with Gasteiger partial charge in [0.05, 0.1) is 17.4 Å². The van der Waals surface area contributed by atoms with E-state index in [4.69, 9.17) is 5.26 Å². The molecule has 1 aliphatic heterocycles. The number of rotatable bonds is 4. The maximum Gasteiger partial charge on any atom is 0.225 e. The fraction of sp³-hybridized carbons (Fsp3) is 0.467. The molecule has 1 saturated heterocycles. The highest BCUT2D eigenvalue weighted by atomic mass is 16.1. The third kappa shape index (κ3) is 3.10. The number of nitriles is 1. The van der Waals surface area contributed by atoms with Crippen molar-refractivity contribution in [2.75, 3.05) is 31.7 Å². The van der Waals surface area contributed by atoms with E-state index in [1.165, 1.54) is 6.33 Å². The van der Waals surface area contributed by atoms with Gasteiger partial charge >= 0.3 is 0 Å². The first-order valence-electron chi connectivity index (χ1n) is 7.62. The molecule has 0 radical (unpaired) electrons. The van der Waals surface area contributed by atoms with Crippen molar-refractivity contribution in [3.05, 3.63) is 18.6 Å². The Balaban J connectivity index is 1.74. The van der Waals surface area contributed by atoms with Gasteiger partial charge in [-0.3, -0.25) is 9.80 Å². The fourth-order valence-corrected chi connectivity index (χ4v) is 2.97. The largest absolute Gasteiger partial charge is 0.346 e. The zero-order valence-electron chi connectivity index (χ0n) is 13.0. The van der Waals surface area contributed by atoms with E-state index in [2.05, 4.69) is 25.3 Å². The van der Waals surface area contributed by atoms with Crippen molar-refractivity contribution in [2.24, 2.45) is 5.92 Å². The monoisotopic (exact) mass is 313 g/mol. The van der Waals surface area contributed by atoms with E-state index in [9.17, 15) is 4.79 Å². The SMILES string of the molecule is CN(c1ncnc2[nH]ccc12)N1CCCC(C(=O)NCC#N)C1. The van der Waals surface area contributed by atoms with Crippen LogP contribution >= 0.6 is 0 Å². The van der Waals surface area contributed by atoms with Gasteiger partial charge in [0.25, 0.3) is 0 Å². The summed E-state index contributed by atoms with van der Waals surface area (Å²) in [6.45, 7) is 1.54. The van der Waals surface area contributed by atoms with Gasteiger partial charge in [-0.25, -0.2) is 15.0 Å². The van der Waals surface area contributed by atoms with Crippen molar-refractivity contribution in [3.8, 4) is 6.07 Å². The summed E-state index contributed by atoms with van der Waals surface area (Å²) >= 11 is 0. The van der Waals surface area contributed by atoms with E-state index in [0.717, 1.165) is 36.2 Å². The Labute approximate surface area is 134 Å². The average Bonchev–Trinajstić information content (AvgIpc) is 3.07. The van der Waals surface area contributed by atoms with Gasteiger partial charge in [0.1, 0.15) is 18.5 Å². The highest BCUT2D eigenvalue weighted by molar-refractivity contribution is 5.87. The number of hydrogen-bond acceptors (Lipinski definition) is 6. The molecule has 1 amide bonds. The number of fused-ring (bicyclic) bond motifs is 1. The van der Waals surface area contributed by atoms with E-state index >= 15 is 0 Å². The summed E-state index contributed by atoms with van der Waals surface area (Å²) in [4.78, 5) is 23.8. The molecule has 1 aliphatic rings. The summed E-state index contributed by atoms with van der Waals surface area (Å²) in [6.07, 6.45) is 5.14. The Kier molecular flexibility index (Phi) is 4.39. The molecule has 120 valence electrons. The molecule has 0 saturated carbocycles. The van der Waals surface area contributed by atoms with Crippen molar-refractivity contribution < 1.29 is 4.79 Å². The Bertz CT molecular complexity index is 735. The molecule has 2 N–H and O–H groups in total. The summed E-state index contributed by atoms with van der Waals surface area (Å²) in [7, 11) is 1.95. The first kappa shape index (κ1) is 15.2. The van der Waals surface area contributed by atoms with Crippen LogP contribution in [0, 0.1) is 17.2 Å². The predicted molar refractivity (Wildman–Crippen MR) is 85.2 cm³/mol. The minimum Gasteiger partial charge on any atom is -0.346 e. The molecule has 8 nitrogen and oxygen atoms in total. The molecule has 2 aromatic rings. The minimum absolute atomic E-state index is 0.0564. The standard InChI is InChI=1S/C15H19N7O/c1-21(14-12-4-6-17-13(12)19-10-20-14)22-8-2-3-11(9-22)15(23)18-7-5-16/h4,6,10-11H,2-3,7-9H2,1H3,(H,18,23)(H,17,19,20). The number of aromatic nitrogens is 3. The van der Waals surface area contributed by atoms with Crippen LogP contribution in [0.15, 0.2) is 18.6 Å². The van der Waals surface area contributed by atoms with E-state index in [1.54, 1.807) is 0 Å². The first-order valence-corrected chi connectivity index (χ1v) is 7.62. The molecule has 0 aromatic carbocycles. The van der Waals surface area contributed by atoms with Crippen molar-refractivity contribution in [1.29, 1.82) is 5.26 Å². The normalized spacial score (nSPS) is 18.5. The quantitative estimate of drug-likeness (QED) is 0.804. The van der Waals surface area contributed by atoms with Gasteiger partial charge in [0.15, 0.2) is 5.82 Å². The highest BCUT2D eigenvalue weighted by Gasteiger charge is 2.28. The van der Waals surface area contributed by atoms with Crippen LogP contribution in [0.2, 0.25) is 0 Å². The number of amides is 1. The van der Waals surface area contributed by atoms with Crippen LogP contribution in [0.25, 0.3) is 11.0 Å². The third-order valence-electron chi connectivity index (χ3n) is 4.18. The van der Waals surface area contributed by atoms with Crippen molar-refractivity contribution in [2.45, 2.75) is 12.8 Å². The maximum atomic E-state index is 12.1. The van der Waals surface area contributed by atoms with Crippen LogP contribution in [0.5, 0.6) is 0 Å². The highest BCUT2D eigenvalue weighted by Crippen LogP contribution is 2.25. The van der Waals surface area contributed by atoms with Crippen LogP contribution in [-0.4, -0.2) is 52.5 Å². The number of hydrogen-bond donors (Lipinski definition) is 2. The number of nitrogens with one attached hydrogen (secondary N) is 2. The van der Waals surface area contributed by atoms with Gasteiger partial charge in [-0.1, -0.05) is 0 Å². The average molecular weight is 313 g/mol. The third-order valence-corrected chi connectivity index (χ3v) is 4.18. The number of H-pyrrole nitrogens is 1. The fourth-order valence-electron chi connectivity index (χ4n) is 2.97. The summed E-state index contributed by atoms with van der Waals surface area (Å²) < 4.78 is 0. The number of carbonyl (C=O) groups is 1. The van der Waals surface area contributed by atoms with Crippen molar-refractivity contribution >= 4 is 22.8 Å². The van der Waals surface area contributed by atoms with Crippen LogP contribution < -0.4 is 10.3 Å². The number of hydrazine groups is 1. The summed E-state index contributed by atoms with van der Waals surface area (Å²) in [5, 5.41) is 16.3. The number of carbonyl (C=O) groups excluding carboxylic acids is 1. The van der Waals surface area contributed by atoms with Crippen LogP contribution in [-0.2, 0) is 4.79 Å². The van der Waals surface area contributed by atoms with Crippen molar-refractivity contribution in [1.82, 2.24) is 25.3 Å². The molecular formula is C15H19N7O. The molecule has 23 heavy (non-hydrogen) atoms. The van der Waals surface area contributed by atoms with Gasteiger partial charge in [0, 0.05) is 26.3 Å². The number of aromatic amines is 1. The Hall–Kier alpha value is -2.66. The lowest BCUT2D eigenvalue weighted by Crippen LogP contribution is -2.50. The predicted octanol–water partition coefficient (Wildman–Crippen LogP) is 0.661. The topological polar surface area (TPSA) is 101 Å². The van der Waals surface area contributed by atoms with Crippen molar-refractivity contribution in [3.63, 3.8) is 0 Å². The molecule has 1 atom stereocenters. The van der Waals surface area contributed by atoms with Gasteiger partial charge in [-0.15, -0.1) is 0 Å². The molecule has 1 fully saturated rings. The molecule has 1 unspecified atom stereocenters.